The summed E-state index contributed by atoms with van der Waals surface area (Å²) in [6.07, 6.45) is 1.51. The van der Waals surface area contributed by atoms with Crippen LogP contribution in [-0.4, -0.2) is 43.3 Å². The maximum atomic E-state index is 12.7. The van der Waals surface area contributed by atoms with Gasteiger partial charge in [-0.15, -0.1) is 11.3 Å². The van der Waals surface area contributed by atoms with Crippen molar-refractivity contribution in [1.82, 2.24) is 10.4 Å². The lowest BCUT2D eigenvalue weighted by molar-refractivity contribution is -0.118. The summed E-state index contributed by atoms with van der Waals surface area (Å²) in [6, 6.07) is 29.2. The van der Waals surface area contributed by atoms with Crippen molar-refractivity contribution in [3.05, 3.63) is 114 Å². The summed E-state index contributed by atoms with van der Waals surface area (Å²) in [7, 11) is 1.58. The van der Waals surface area contributed by atoms with Crippen molar-refractivity contribution < 1.29 is 23.8 Å². The molecule has 0 spiro atoms. The zero-order valence-electron chi connectivity index (χ0n) is 24.7. The Bertz CT molecular complexity index is 1760. The second-order valence-electron chi connectivity index (χ2n) is 9.51. The average Bonchev–Trinajstić information content (AvgIpc) is 3.54. The number of nitrogens with one attached hydrogen (secondary N) is 3. The van der Waals surface area contributed by atoms with Crippen LogP contribution in [0.2, 0.25) is 0 Å². The van der Waals surface area contributed by atoms with Crippen LogP contribution in [0.25, 0.3) is 11.3 Å². The molecule has 0 atom stereocenters. The first-order chi connectivity index (χ1) is 22.0. The molecule has 0 bridgehead atoms. The highest BCUT2D eigenvalue weighted by molar-refractivity contribution is 7.14. The molecule has 228 valence electrons. The van der Waals surface area contributed by atoms with E-state index in [1.165, 1.54) is 17.6 Å². The van der Waals surface area contributed by atoms with Crippen LogP contribution >= 0.6 is 11.3 Å². The number of aromatic nitrogens is 1. The first-order valence-electron chi connectivity index (χ1n) is 14.1. The molecule has 10 nitrogen and oxygen atoms in total. The Morgan fingerprint density at radius 2 is 1.67 bits per heavy atom. The van der Waals surface area contributed by atoms with Gasteiger partial charge < -0.3 is 24.8 Å². The number of thiazole rings is 1. The Labute approximate surface area is 264 Å². The third-order valence-corrected chi connectivity index (χ3v) is 7.11. The van der Waals surface area contributed by atoms with Crippen LogP contribution in [0.5, 0.6) is 17.2 Å². The average molecular weight is 622 g/mol. The molecule has 0 unspecified atom stereocenters. The third-order valence-electron chi connectivity index (χ3n) is 6.35. The number of hydrazone groups is 1. The zero-order chi connectivity index (χ0) is 31.4. The third kappa shape index (κ3) is 8.68. The number of ether oxygens (including phenoxy) is 3. The number of methoxy groups -OCH3 is 1. The number of anilines is 3. The number of hydrogen-bond donors (Lipinski definition) is 3. The van der Waals surface area contributed by atoms with E-state index in [-0.39, 0.29) is 18.4 Å². The van der Waals surface area contributed by atoms with Crippen molar-refractivity contribution in [2.24, 2.45) is 5.10 Å². The van der Waals surface area contributed by atoms with Gasteiger partial charge in [0.1, 0.15) is 5.75 Å². The van der Waals surface area contributed by atoms with Gasteiger partial charge in [-0.2, -0.15) is 5.10 Å². The van der Waals surface area contributed by atoms with E-state index in [1.54, 1.807) is 61.7 Å². The first kappa shape index (κ1) is 30.8. The highest BCUT2D eigenvalue weighted by Crippen LogP contribution is 2.29. The molecule has 0 fully saturated rings. The molecule has 2 amide bonds. The Morgan fingerprint density at radius 3 is 2.40 bits per heavy atom. The van der Waals surface area contributed by atoms with Gasteiger partial charge in [0.25, 0.3) is 11.8 Å². The zero-order valence-corrected chi connectivity index (χ0v) is 25.5. The molecule has 5 rings (SSSR count). The normalized spacial score (nSPS) is 10.7. The van der Waals surface area contributed by atoms with Crippen LogP contribution in [-0.2, 0) is 4.79 Å². The molecule has 0 aliphatic carbocycles. The highest BCUT2D eigenvalue weighted by atomic mass is 32.1. The Kier molecular flexibility index (Phi) is 10.4. The van der Waals surface area contributed by atoms with E-state index in [4.69, 9.17) is 14.2 Å². The molecule has 3 N–H and O–H groups in total. The fraction of sp³-hybridized carbons (Fsp3) is 0.118. The van der Waals surface area contributed by atoms with E-state index in [0.717, 1.165) is 22.1 Å². The summed E-state index contributed by atoms with van der Waals surface area (Å²) in [5.74, 6) is 0.883. The second kappa shape index (κ2) is 15.2. The van der Waals surface area contributed by atoms with Crippen molar-refractivity contribution in [3.8, 4) is 28.5 Å². The van der Waals surface area contributed by atoms with Gasteiger partial charge in [0.2, 0.25) is 0 Å². The largest absolute Gasteiger partial charge is 0.497 e. The topological polar surface area (TPSA) is 123 Å². The summed E-state index contributed by atoms with van der Waals surface area (Å²) in [5, 5.41) is 12.9. The fourth-order valence-corrected chi connectivity index (χ4v) is 4.88. The van der Waals surface area contributed by atoms with Crippen molar-refractivity contribution in [3.63, 3.8) is 0 Å². The van der Waals surface area contributed by atoms with Crippen molar-refractivity contribution in [1.29, 1.82) is 0 Å². The van der Waals surface area contributed by atoms with Gasteiger partial charge in [-0.25, -0.2) is 10.4 Å². The number of carbonyl (C=O) groups is 2. The molecular formula is C34H31N5O5S. The SMILES string of the molecule is CCOc1cc(/C=N/NC(=O)c2ccc(-c3csc(Nc4ccccc4)n3)cc2)ccc1OCC(=O)Nc1ccc(OC)cc1. The molecule has 4 aromatic carbocycles. The van der Waals surface area contributed by atoms with Gasteiger partial charge in [-0.05, 0) is 79.2 Å². The van der Waals surface area contributed by atoms with Gasteiger partial charge in [0.15, 0.2) is 23.2 Å². The molecule has 0 radical (unpaired) electrons. The van der Waals surface area contributed by atoms with E-state index in [0.29, 0.717) is 40.7 Å². The fourth-order valence-electron chi connectivity index (χ4n) is 4.14. The predicted octanol–water partition coefficient (Wildman–Crippen LogP) is 6.74. The Balaban J connectivity index is 1.14. The Hall–Kier alpha value is -5.68. The number of amides is 2. The number of benzene rings is 4. The minimum atomic E-state index is -0.352. The molecule has 1 aromatic heterocycles. The minimum Gasteiger partial charge on any atom is -0.497 e. The summed E-state index contributed by atoms with van der Waals surface area (Å²) in [5.41, 5.74) is 7.00. The van der Waals surface area contributed by atoms with Crippen LogP contribution in [0.3, 0.4) is 0 Å². The van der Waals surface area contributed by atoms with Crippen LogP contribution in [0, 0.1) is 0 Å². The lowest BCUT2D eigenvalue weighted by Crippen LogP contribution is -2.20. The molecule has 11 heteroatoms. The first-order valence-corrected chi connectivity index (χ1v) is 14.9. The molecule has 0 aliphatic heterocycles. The van der Waals surface area contributed by atoms with Crippen LogP contribution in [0.4, 0.5) is 16.5 Å². The lowest BCUT2D eigenvalue weighted by Gasteiger charge is -2.13. The number of para-hydroxylation sites is 1. The van der Waals surface area contributed by atoms with Gasteiger partial charge in [-0.3, -0.25) is 9.59 Å². The molecule has 0 saturated heterocycles. The van der Waals surface area contributed by atoms with Crippen molar-refractivity contribution in [2.75, 3.05) is 31.0 Å². The van der Waals surface area contributed by atoms with Gasteiger partial charge in [0, 0.05) is 27.9 Å². The van der Waals surface area contributed by atoms with E-state index in [2.05, 4.69) is 26.1 Å². The summed E-state index contributed by atoms with van der Waals surface area (Å²) < 4.78 is 16.5. The van der Waals surface area contributed by atoms with Crippen molar-refractivity contribution >= 4 is 45.9 Å². The quantitative estimate of drug-likeness (QED) is 0.0983. The summed E-state index contributed by atoms with van der Waals surface area (Å²) in [6.45, 7) is 2.04. The highest BCUT2D eigenvalue weighted by Gasteiger charge is 2.11. The molecule has 5 aromatic rings. The monoisotopic (exact) mass is 621 g/mol. The van der Waals surface area contributed by atoms with E-state index in [9.17, 15) is 9.59 Å². The molecule has 0 aliphatic rings. The maximum absolute atomic E-state index is 12.7. The van der Waals surface area contributed by atoms with Gasteiger partial charge >= 0.3 is 0 Å². The summed E-state index contributed by atoms with van der Waals surface area (Å²) in [4.78, 5) is 29.7. The Morgan fingerprint density at radius 1 is 0.889 bits per heavy atom. The minimum absolute atomic E-state index is 0.206. The molecular weight excluding hydrogens is 590 g/mol. The van der Waals surface area contributed by atoms with Crippen molar-refractivity contribution in [2.45, 2.75) is 6.92 Å². The summed E-state index contributed by atoms with van der Waals surface area (Å²) >= 11 is 1.51. The van der Waals surface area contributed by atoms with Gasteiger partial charge in [0.05, 0.1) is 25.6 Å². The number of nitrogens with zero attached hydrogens (tertiary/aromatic N) is 2. The second-order valence-corrected chi connectivity index (χ2v) is 10.4. The lowest BCUT2D eigenvalue weighted by atomic mass is 10.1. The smallest absolute Gasteiger partial charge is 0.271 e. The van der Waals surface area contributed by atoms with Crippen LogP contribution < -0.4 is 30.3 Å². The maximum Gasteiger partial charge on any atom is 0.271 e. The number of carbonyl (C=O) groups excluding carboxylic acids is 2. The van der Waals surface area contributed by atoms with E-state index >= 15 is 0 Å². The number of hydrogen-bond acceptors (Lipinski definition) is 9. The van der Waals surface area contributed by atoms with Crippen LogP contribution in [0.15, 0.2) is 108 Å². The van der Waals surface area contributed by atoms with E-state index in [1.807, 2.05) is 54.8 Å². The molecule has 0 saturated carbocycles. The van der Waals surface area contributed by atoms with E-state index < -0.39 is 0 Å². The number of rotatable bonds is 13. The van der Waals surface area contributed by atoms with Gasteiger partial charge in [-0.1, -0.05) is 30.3 Å². The van der Waals surface area contributed by atoms with Crippen LogP contribution in [0.1, 0.15) is 22.8 Å². The predicted molar refractivity (Wildman–Crippen MR) is 177 cm³/mol. The standard InChI is InChI=1S/C34H31N5O5S/c1-3-43-31-19-23(9-18-30(31)44-21-32(40)36-27-14-16-28(42-2)17-15-27)20-35-39-33(41)25-12-10-24(11-13-25)29-22-45-34(38-29)37-26-7-5-4-6-8-26/h4-20,22H,3,21H2,1-2H3,(H,36,40)(H,37,38)(H,39,41)/b35-20+. The molecule has 45 heavy (non-hydrogen) atoms. The molecule has 1 heterocycles.